The van der Waals surface area contributed by atoms with Crippen LogP contribution in [0.1, 0.15) is 33.9 Å². The second-order valence-corrected chi connectivity index (χ2v) is 8.10. The fourth-order valence-corrected chi connectivity index (χ4v) is 4.27. The Bertz CT molecular complexity index is 1230. The van der Waals surface area contributed by atoms with E-state index < -0.39 is 5.92 Å². The molecule has 0 amide bonds. The molecule has 1 aromatic heterocycles. The van der Waals surface area contributed by atoms with Gasteiger partial charge < -0.3 is 19.9 Å². The number of hydrogen-bond acceptors (Lipinski definition) is 6. The fourth-order valence-electron chi connectivity index (χ4n) is 3.70. The van der Waals surface area contributed by atoms with Crippen molar-refractivity contribution in [1.29, 1.82) is 5.26 Å². The van der Waals surface area contributed by atoms with Gasteiger partial charge in [-0.15, -0.1) is 5.10 Å². The van der Waals surface area contributed by atoms with E-state index in [1.807, 2.05) is 50.2 Å². The van der Waals surface area contributed by atoms with Crippen LogP contribution in [0.5, 0.6) is 17.4 Å². The molecule has 4 rings (SSSR count). The molecule has 0 fully saturated rings. The zero-order valence-corrected chi connectivity index (χ0v) is 18.9. The zero-order valence-electron chi connectivity index (χ0n) is 17.3. The number of aromatic nitrogens is 2. The highest BCUT2D eigenvalue weighted by atomic mass is 79.9. The summed E-state index contributed by atoms with van der Waals surface area (Å²) in [6.07, 6.45) is 0. The van der Waals surface area contributed by atoms with Crippen LogP contribution in [0.25, 0.3) is 0 Å². The van der Waals surface area contributed by atoms with E-state index in [1.54, 1.807) is 7.11 Å². The van der Waals surface area contributed by atoms with Crippen LogP contribution in [-0.4, -0.2) is 17.3 Å². The molecule has 0 radical (unpaired) electrons. The van der Waals surface area contributed by atoms with Gasteiger partial charge in [0.25, 0.3) is 0 Å². The smallest absolute Gasteiger partial charge is 0.244 e. The Morgan fingerprint density at radius 2 is 2.06 bits per heavy atom. The summed E-state index contributed by atoms with van der Waals surface area (Å²) in [6, 6.07) is 14.0. The number of methoxy groups -OCH3 is 1. The number of nitrogens with one attached hydrogen (secondary N) is 1. The molecule has 2 heterocycles. The summed E-state index contributed by atoms with van der Waals surface area (Å²) in [5.41, 5.74) is 11.0. The lowest BCUT2D eigenvalue weighted by molar-refractivity contribution is 0.281. The van der Waals surface area contributed by atoms with E-state index in [1.165, 1.54) is 0 Å². The van der Waals surface area contributed by atoms with Crippen LogP contribution in [0.4, 0.5) is 0 Å². The Kier molecular flexibility index (Phi) is 5.61. The van der Waals surface area contributed by atoms with E-state index in [9.17, 15) is 5.26 Å². The first-order valence-electron chi connectivity index (χ1n) is 9.61. The molecular weight excluding hydrogens is 460 g/mol. The molecule has 0 aliphatic carbocycles. The number of fused-ring (bicyclic) bond motifs is 1. The Morgan fingerprint density at radius 3 is 2.77 bits per heavy atom. The second kappa shape index (κ2) is 8.36. The van der Waals surface area contributed by atoms with E-state index in [0.29, 0.717) is 34.0 Å². The van der Waals surface area contributed by atoms with Crippen LogP contribution >= 0.6 is 15.9 Å². The summed E-state index contributed by atoms with van der Waals surface area (Å²) in [6.45, 7) is 4.33. The highest BCUT2D eigenvalue weighted by Gasteiger charge is 2.35. The van der Waals surface area contributed by atoms with Crippen LogP contribution in [-0.2, 0) is 6.61 Å². The summed E-state index contributed by atoms with van der Waals surface area (Å²) in [4.78, 5) is 0. The number of H-pyrrole nitrogens is 1. The third kappa shape index (κ3) is 3.73. The highest BCUT2D eigenvalue weighted by Crippen LogP contribution is 2.46. The molecule has 158 valence electrons. The van der Waals surface area contributed by atoms with Gasteiger partial charge in [-0.3, -0.25) is 5.10 Å². The van der Waals surface area contributed by atoms with E-state index in [0.717, 1.165) is 27.9 Å². The minimum Gasteiger partial charge on any atom is -0.493 e. The Labute approximate surface area is 188 Å². The summed E-state index contributed by atoms with van der Waals surface area (Å²) in [5.74, 6) is 1.10. The first-order chi connectivity index (χ1) is 14.9. The van der Waals surface area contributed by atoms with Crippen molar-refractivity contribution in [2.45, 2.75) is 26.4 Å². The molecule has 1 atom stereocenters. The average Bonchev–Trinajstić information content (AvgIpc) is 3.12. The van der Waals surface area contributed by atoms with Gasteiger partial charge in [-0.1, -0.05) is 24.3 Å². The first-order valence-corrected chi connectivity index (χ1v) is 10.4. The average molecular weight is 481 g/mol. The number of nitriles is 1. The second-order valence-electron chi connectivity index (χ2n) is 7.24. The molecule has 3 aromatic rings. The third-order valence-electron chi connectivity index (χ3n) is 5.35. The molecule has 2 aromatic carbocycles. The maximum Gasteiger partial charge on any atom is 0.244 e. The number of nitrogens with zero attached hydrogens (tertiary/aromatic N) is 2. The molecule has 0 spiro atoms. The van der Waals surface area contributed by atoms with Gasteiger partial charge in [0.1, 0.15) is 18.2 Å². The van der Waals surface area contributed by atoms with Crippen molar-refractivity contribution in [3.05, 3.63) is 80.3 Å². The number of nitrogens with two attached hydrogens (primary N) is 1. The van der Waals surface area contributed by atoms with Gasteiger partial charge in [0, 0.05) is 11.3 Å². The molecule has 8 heteroatoms. The molecular formula is C23H21BrN4O3. The van der Waals surface area contributed by atoms with Crippen molar-refractivity contribution in [3.63, 3.8) is 0 Å². The number of allylic oxidation sites excluding steroid dienone is 1. The molecule has 3 N–H and O–H groups in total. The first kappa shape index (κ1) is 20.8. The van der Waals surface area contributed by atoms with Gasteiger partial charge in [0.15, 0.2) is 11.5 Å². The van der Waals surface area contributed by atoms with Crippen molar-refractivity contribution in [1.82, 2.24) is 10.2 Å². The molecule has 0 saturated carbocycles. The quantitative estimate of drug-likeness (QED) is 0.552. The minimum absolute atomic E-state index is 0.0430. The van der Waals surface area contributed by atoms with E-state index >= 15 is 0 Å². The van der Waals surface area contributed by atoms with E-state index in [2.05, 4.69) is 32.2 Å². The number of ether oxygens (including phenoxy) is 3. The Hall–Kier alpha value is -3.44. The Morgan fingerprint density at radius 1 is 1.29 bits per heavy atom. The van der Waals surface area contributed by atoms with Crippen LogP contribution in [0.15, 0.2) is 52.3 Å². The molecule has 1 unspecified atom stereocenters. The topological polar surface area (TPSA) is 106 Å². The SMILES string of the molecule is COc1cc(C2C(C#N)=C(N)Oc3n[nH]c(C)c32)cc(Br)c1OCc1ccccc1C. The van der Waals surface area contributed by atoms with Crippen molar-refractivity contribution in [3.8, 4) is 23.4 Å². The summed E-state index contributed by atoms with van der Waals surface area (Å²) in [7, 11) is 1.58. The van der Waals surface area contributed by atoms with Crippen molar-refractivity contribution < 1.29 is 14.2 Å². The zero-order chi connectivity index (χ0) is 22.1. The summed E-state index contributed by atoms with van der Waals surface area (Å²) >= 11 is 3.61. The predicted molar refractivity (Wildman–Crippen MR) is 119 cm³/mol. The lowest BCUT2D eigenvalue weighted by Crippen LogP contribution is -2.21. The third-order valence-corrected chi connectivity index (χ3v) is 5.94. The van der Waals surface area contributed by atoms with Gasteiger partial charge in [0.2, 0.25) is 11.8 Å². The number of hydrogen-bond donors (Lipinski definition) is 2. The van der Waals surface area contributed by atoms with E-state index in [-0.39, 0.29) is 5.88 Å². The van der Waals surface area contributed by atoms with Crippen molar-refractivity contribution >= 4 is 15.9 Å². The van der Waals surface area contributed by atoms with Gasteiger partial charge in [-0.25, -0.2) is 0 Å². The maximum atomic E-state index is 9.77. The predicted octanol–water partition coefficient (Wildman–Crippen LogP) is 4.59. The normalized spacial score (nSPS) is 15.1. The number of aryl methyl sites for hydroxylation is 2. The number of benzene rings is 2. The van der Waals surface area contributed by atoms with Crippen molar-refractivity contribution in [2.24, 2.45) is 5.73 Å². The lowest BCUT2D eigenvalue weighted by atomic mass is 9.84. The summed E-state index contributed by atoms with van der Waals surface area (Å²) < 4.78 is 18.0. The van der Waals surface area contributed by atoms with Gasteiger partial charge in [0.05, 0.1) is 17.5 Å². The molecule has 1 aliphatic heterocycles. The van der Waals surface area contributed by atoms with Crippen molar-refractivity contribution in [2.75, 3.05) is 7.11 Å². The monoisotopic (exact) mass is 480 g/mol. The standard InChI is InChI=1S/C23H21BrN4O3/c1-12-6-4-5-7-14(12)11-30-21-17(24)8-15(9-18(21)29-3)20-16(10-25)22(26)31-23-19(20)13(2)27-28-23/h4-9,20H,11,26H2,1-3H3,(H,27,28). The van der Waals surface area contributed by atoms with Gasteiger partial charge in [-0.2, -0.15) is 5.26 Å². The molecule has 7 nitrogen and oxygen atoms in total. The highest BCUT2D eigenvalue weighted by molar-refractivity contribution is 9.10. The molecule has 1 aliphatic rings. The number of halogens is 1. The summed E-state index contributed by atoms with van der Waals surface area (Å²) in [5, 5.41) is 16.8. The molecule has 31 heavy (non-hydrogen) atoms. The van der Waals surface area contributed by atoms with Crippen LogP contribution in [0, 0.1) is 25.2 Å². The van der Waals surface area contributed by atoms with Gasteiger partial charge in [-0.05, 0) is 58.6 Å². The van der Waals surface area contributed by atoms with E-state index in [4.69, 9.17) is 19.9 Å². The van der Waals surface area contributed by atoms with Crippen LogP contribution in [0.2, 0.25) is 0 Å². The van der Waals surface area contributed by atoms with Crippen LogP contribution < -0.4 is 19.9 Å². The largest absolute Gasteiger partial charge is 0.493 e. The lowest BCUT2D eigenvalue weighted by Gasteiger charge is -2.25. The minimum atomic E-state index is -0.442. The Balaban J connectivity index is 1.75. The van der Waals surface area contributed by atoms with Gasteiger partial charge >= 0.3 is 0 Å². The number of rotatable bonds is 5. The fraction of sp³-hybridized carbons (Fsp3) is 0.217. The number of aromatic amines is 1. The maximum absolute atomic E-state index is 9.77. The molecule has 0 bridgehead atoms. The molecule has 0 saturated heterocycles. The van der Waals surface area contributed by atoms with Crippen LogP contribution in [0.3, 0.4) is 0 Å².